The predicted octanol–water partition coefficient (Wildman–Crippen LogP) is 1.92. The highest BCUT2D eigenvalue weighted by atomic mass is 35.5. The largest absolute Gasteiger partial charge is 0.462 e. The summed E-state index contributed by atoms with van der Waals surface area (Å²) in [5, 5.41) is 0.193. The average molecular weight is 379 g/mol. The van der Waals surface area contributed by atoms with Gasteiger partial charge in [-0.05, 0) is 44.4 Å². The fourth-order valence-corrected chi connectivity index (χ4v) is 3.42. The van der Waals surface area contributed by atoms with Crippen molar-refractivity contribution in [1.82, 2.24) is 9.13 Å². The number of aromatic nitrogens is 2. The topological polar surface area (TPSA) is 79.5 Å². The molecule has 0 bridgehead atoms. The fraction of sp³-hybridized carbons (Fsp3) is 0.389. The van der Waals surface area contributed by atoms with Gasteiger partial charge in [0.1, 0.15) is 6.73 Å². The molecule has 1 aromatic heterocycles. The fourth-order valence-electron chi connectivity index (χ4n) is 3.22. The molecule has 0 N–H and O–H groups in total. The van der Waals surface area contributed by atoms with E-state index in [1.54, 1.807) is 6.92 Å². The van der Waals surface area contributed by atoms with Gasteiger partial charge in [0.2, 0.25) is 0 Å². The van der Waals surface area contributed by atoms with Gasteiger partial charge in [0.25, 0.3) is 5.56 Å². The van der Waals surface area contributed by atoms with Crippen molar-refractivity contribution in [3.05, 3.63) is 60.9 Å². The van der Waals surface area contributed by atoms with Gasteiger partial charge >= 0.3 is 11.7 Å². The highest BCUT2D eigenvalue weighted by Crippen LogP contribution is 2.22. The Morgan fingerprint density at radius 3 is 2.73 bits per heavy atom. The van der Waals surface area contributed by atoms with Crippen molar-refractivity contribution in [2.75, 3.05) is 13.7 Å². The lowest BCUT2D eigenvalue weighted by Gasteiger charge is -2.15. The van der Waals surface area contributed by atoms with Crippen LogP contribution in [0.4, 0.5) is 0 Å². The summed E-state index contributed by atoms with van der Waals surface area (Å²) in [5.74, 6) is -0.606. The molecule has 0 radical (unpaired) electrons. The Hall–Kier alpha value is -2.38. The van der Waals surface area contributed by atoms with E-state index in [0.717, 1.165) is 16.7 Å². The van der Waals surface area contributed by atoms with Crippen molar-refractivity contribution >= 4 is 17.6 Å². The van der Waals surface area contributed by atoms with E-state index in [4.69, 9.17) is 21.1 Å². The molecule has 7 nitrogen and oxygen atoms in total. The van der Waals surface area contributed by atoms with Crippen LogP contribution in [0.3, 0.4) is 0 Å². The zero-order valence-electron chi connectivity index (χ0n) is 14.6. The molecule has 138 valence electrons. The summed E-state index contributed by atoms with van der Waals surface area (Å²) in [7, 11) is 1.49. The van der Waals surface area contributed by atoms with E-state index in [1.165, 1.54) is 29.9 Å². The molecule has 3 rings (SSSR count). The molecule has 1 aliphatic rings. The molecule has 0 amide bonds. The standard InChI is InChI=1S/C18H19ClN2O5/c1-3-26-17(23)13-9-11(7-8-14(13)19)21-16(22)12-5-4-6-15(12)20(10-25-2)18(21)24/h7-9H,3-6,10H2,1-2H3. The summed E-state index contributed by atoms with van der Waals surface area (Å²) < 4.78 is 12.6. The Morgan fingerprint density at radius 1 is 1.27 bits per heavy atom. The van der Waals surface area contributed by atoms with Crippen molar-refractivity contribution in [2.24, 2.45) is 0 Å². The molecule has 0 unspecified atom stereocenters. The highest BCUT2D eigenvalue weighted by molar-refractivity contribution is 6.33. The highest BCUT2D eigenvalue weighted by Gasteiger charge is 2.24. The summed E-state index contributed by atoms with van der Waals surface area (Å²) in [6, 6.07) is 4.41. The molecule has 0 atom stereocenters. The molecule has 0 fully saturated rings. The molecule has 0 aliphatic heterocycles. The Labute approximate surface area is 154 Å². The molecule has 0 saturated heterocycles. The third kappa shape index (κ3) is 3.08. The Kier molecular flexibility index (Phi) is 5.29. The monoisotopic (exact) mass is 378 g/mol. The zero-order valence-corrected chi connectivity index (χ0v) is 15.3. The maximum Gasteiger partial charge on any atom is 0.339 e. The molecule has 2 aromatic rings. The van der Waals surface area contributed by atoms with Crippen LogP contribution in [-0.4, -0.2) is 28.8 Å². The number of rotatable bonds is 5. The van der Waals surface area contributed by atoms with Gasteiger partial charge in [0.15, 0.2) is 0 Å². The summed E-state index contributed by atoms with van der Waals surface area (Å²) >= 11 is 6.08. The van der Waals surface area contributed by atoms with E-state index in [-0.39, 0.29) is 35.2 Å². The molecule has 8 heteroatoms. The first-order chi connectivity index (χ1) is 12.5. The van der Waals surface area contributed by atoms with Crippen molar-refractivity contribution in [3.63, 3.8) is 0 Å². The molecule has 1 aromatic carbocycles. The smallest absolute Gasteiger partial charge is 0.339 e. The van der Waals surface area contributed by atoms with Crippen LogP contribution < -0.4 is 11.2 Å². The summed E-state index contributed by atoms with van der Waals surface area (Å²) in [6.45, 7) is 1.93. The number of carbonyl (C=O) groups is 1. The first-order valence-electron chi connectivity index (χ1n) is 8.33. The van der Waals surface area contributed by atoms with Crippen LogP contribution in [0.5, 0.6) is 0 Å². The van der Waals surface area contributed by atoms with E-state index in [9.17, 15) is 14.4 Å². The lowest BCUT2D eigenvalue weighted by molar-refractivity contribution is 0.0526. The van der Waals surface area contributed by atoms with Crippen molar-refractivity contribution in [1.29, 1.82) is 0 Å². The van der Waals surface area contributed by atoms with Crippen molar-refractivity contribution in [3.8, 4) is 5.69 Å². The van der Waals surface area contributed by atoms with Gasteiger partial charge in [-0.3, -0.25) is 9.36 Å². The molecular formula is C18H19ClN2O5. The quantitative estimate of drug-likeness (QED) is 0.743. The van der Waals surface area contributed by atoms with Gasteiger partial charge < -0.3 is 9.47 Å². The molecule has 1 heterocycles. The van der Waals surface area contributed by atoms with Gasteiger partial charge in [-0.15, -0.1) is 0 Å². The number of ether oxygens (including phenoxy) is 2. The Balaban J connectivity index is 2.24. The van der Waals surface area contributed by atoms with Crippen LogP contribution in [0, 0.1) is 0 Å². The van der Waals surface area contributed by atoms with E-state index in [0.29, 0.717) is 18.4 Å². The molecule has 0 saturated carbocycles. The minimum Gasteiger partial charge on any atom is -0.462 e. The minimum absolute atomic E-state index is 0.0553. The first-order valence-corrected chi connectivity index (χ1v) is 8.71. The third-order valence-corrected chi connectivity index (χ3v) is 4.69. The molecule has 0 spiro atoms. The van der Waals surface area contributed by atoms with E-state index in [2.05, 4.69) is 0 Å². The number of carbonyl (C=O) groups excluding carboxylic acids is 1. The second kappa shape index (κ2) is 7.47. The van der Waals surface area contributed by atoms with Gasteiger partial charge in [0, 0.05) is 18.4 Å². The summed E-state index contributed by atoms with van der Waals surface area (Å²) in [6.07, 6.45) is 2.08. The van der Waals surface area contributed by atoms with Crippen LogP contribution in [0.2, 0.25) is 5.02 Å². The molecule has 26 heavy (non-hydrogen) atoms. The van der Waals surface area contributed by atoms with Gasteiger partial charge in [0.05, 0.1) is 22.9 Å². The number of methoxy groups -OCH3 is 1. The van der Waals surface area contributed by atoms with E-state index in [1.807, 2.05) is 0 Å². The minimum atomic E-state index is -0.606. The van der Waals surface area contributed by atoms with E-state index < -0.39 is 11.7 Å². The lowest BCUT2D eigenvalue weighted by Crippen LogP contribution is -2.42. The summed E-state index contributed by atoms with van der Waals surface area (Å²) in [4.78, 5) is 37.9. The lowest BCUT2D eigenvalue weighted by atomic mass is 10.2. The van der Waals surface area contributed by atoms with E-state index >= 15 is 0 Å². The second-order valence-electron chi connectivity index (χ2n) is 5.93. The number of nitrogens with zero attached hydrogens (tertiary/aromatic N) is 2. The maximum absolute atomic E-state index is 12.9. The molecule has 1 aliphatic carbocycles. The number of hydrogen-bond acceptors (Lipinski definition) is 5. The summed E-state index contributed by atoms with van der Waals surface area (Å²) in [5.41, 5.74) is 0.830. The van der Waals surface area contributed by atoms with Crippen molar-refractivity contribution in [2.45, 2.75) is 32.9 Å². The van der Waals surface area contributed by atoms with Crippen LogP contribution >= 0.6 is 11.6 Å². The Morgan fingerprint density at radius 2 is 2.04 bits per heavy atom. The zero-order chi connectivity index (χ0) is 18.8. The van der Waals surface area contributed by atoms with Gasteiger partial charge in [-0.2, -0.15) is 0 Å². The first kappa shape index (κ1) is 18.4. The van der Waals surface area contributed by atoms with Crippen LogP contribution in [-0.2, 0) is 29.0 Å². The van der Waals surface area contributed by atoms with Gasteiger partial charge in [-0.1, -0.05) is 11.6 Å². The number of fused-ring (bicyclic) bond motifs is 1. The van der Waals surface area contributed by atoms with Crippen LogP contribution in [0.25, 0.3) is 5.69 Å². The third-order valence-electron chi connectivity index (χ3n) is 4.36. The number of hydrogen-bond donors (Lipinski definition) is 0. The number of esters is 1. The van der Waals surface area contributed by atoms with Gasteiger partial charge in [-0.25, -0.2) is 14.2 Å². The SMILES string of the molecule is CCOC(=O)c1cc(-n2c(=O)c3c(n(COC)c2=O)CCC3)ccc1Cl. The predicted molar refractivity (Wildman–Crippen MR) is 96.3 cm³/mol. The van der Waals surface area contributed by atoms with Crippen LogP contribution in [0.1, 0.15) is 35.0 Å². The number of halogens is 1. The van der Waals surface area contributed by atoms with Crippen molar-refractivity contribution < 1.29 is 14.3 Å². The second-order valence-corrected chi connectivity index (χ2v) is 6.34. The normalized spacial score (nSPS) is 12.9. The molecular weight excluding hydrogens is 360 g/mol. The van der Waals surface area contributed by atoms with Crippen LogP contribution in [0.15, 0.2) is 27.8 Å². The average Bonchev–Trinajstić information content (AvgIpc) is 3.10. The maximum atomic E-state index is 12.9. The Bertz CT molecular complexity index is 977. The number of benzene rings is 1.